The molecule has 0 spiro atoms. The molecular formula is C19H20ClN3O4. The zero-order valence-corrected chi connectivity index (χ0v) is 15.7. The lowest BCUT2D eigenvalue weighted by Gasteiger charge is -2.28. The van der Waals surface area contributed by atoms with Gasteiger partial charge in [0.25, 0.3) is 5.91 Å². The minimum Gasteiger partial charge on any atom is -0.457 e. The normalized spacial score (nSPS) is 18.1. The second-order valence-corrected chi connectivity index (χ2v) is 7.29. The third-order valence-electron chi connectivity index (χ3n) is 4.37. The SMILES string of the molecule is CC1(C)NC(=O)N(Cc2ccc(Oc3ccc(Cl)cc3)cc2)[C@H]1C(=O)NO. The summed E-state index contributed by atoms with van der Waals surface area (Å²) in [6.45, 7) is 3.68. The van der Waals surface area contributed by atoms with Crippen LogP contribution in [0.3, 0.4) is 0 Å². The number of benzene rings is 2. The van der Waals surface area contributed by atoms with Gasteiger partial charge < -0.3 is 15.0 Å². The van der Waals surface area contributed by atoms with Crippen LogP contribution in [-0.4, -0.2) is 33.6 Å². The maximum Gasteiger partial charge on any atom is 0.318 e. The van der Waals surface area contributed by atoms with Gasteiger partial charge in [-0.05, 0) is 55.8 Å². The quantitative estimate of drug-likeness (QED) is 0.540. The monoisotopic (exact) mass is 389 g/mol. The van der Waals surface area contributed by atoms with Crippen molar-refractivity contribution < 1.29 is 19.5 Å². The molecule has 1 aliphatic rings. The summed E-state index contributed by atoms with van der Waals surface area (Å²) < 4.78 is 5.74. The summed E-state index contributed by atoms with van der Waals surface area (Å²) in [6.07, 6.45) is 0. The van der Waals surface area contributed by atoms with Crippen LogP contribution in [0.1, 0.15) is 19.4 Å². The van der Waals surface area contributed by atoms with Gasteiger partial charge in [0.05, 0.1) is 5.54 Å². The minimum absolute atomic E-state index is 0.217. The molecule has 3 rings (SSSR count). The molecule has 2 aromatic carbocycles. The number of ether oxygens (including phenoxy) is 1. The molecule has 1 heterocycles. The molecule has 142 valence electrons. The van der Waals surface area contributed by atoms with Gasteiger partial charge in [-0.1, -0.05) is 23.7 Å². The Balaban J connectivity index is 1.72. The maximum atomic E-state index is 12.3. The number of nitrogens with one attached hydrogen (secondary N) is 2. The molecule has 0 radical (unpaired) electrons. The smallest absolute Gasteiger partial charge is 0.318 e. The van der Waals surface area contributed by atoms with Crippen molar-refractivity contribution in [3.05, 3.63) is 59.1 Å². The van der Waals surface area contributed by atoms with Gasteiger partial charge in [0.2, 0.25) is 0 Å². The van der Waals surface area contributed by atoms with Gasteiger partial charge in [0.15, 0.2) is 0 Å². The van der Waals surface area contributed by atoms with Gasteiger partial charge in [-0.3, -0.25) is 10.0 Å². The highest BCUT2D eigenvalue weighted by Crippen LogP contribution is 2.27. The second kappa shape index (κ2) is 7.46. The van der Waals surface area contributed by atoms with E-state index in [1.807, 2.05) is 12.1 Å². The Bertz CT molecular complexity index is 837. The van der Waals surface area contributed by atoms with E-state index in [0.717, 1.165) is 5.56 Å². The number of urea groups is 1. The molecule has 7 nitrogen and oxygen atoms in total. The van der Waals surface area contributed by atoms with E-state index in [0.29, 0.717) is 16.5 Å². The Morgan fingerprint density at radius 1 is 1.19 bits per heavy atom. The third kappa shape index (κ3) is 4.15. The molecule has 27 heavy (non-hydrogen) atoms. The zero-order chi connectivity index (χ0) is 19.6. The van der Waals surface area contributed by atoms with E-state index in [4.69, 9.17) is 21.5 Å². The molecule has 1 fully saturated rings. The van der Waals surface area contributed by atoms with Crippen LogP contribution >= 0.6 is 11.6 Å². The molecule has 0 unspecified atom stereocenters. The van der Waals surface area contributed by atoms with Crippen LogP contribution in [0.4, 0.5) is 4.79 Å². The van der Waals surface area contributed by atoms with Crippen molar-refractivity contribution in [1.29, 1.82) is 0 Å². The minimum atomic E-state index is -0.833. The molecule has 1 saturated heterocycles. The number of amides is 3. The summed E-state index contributed by atoms with van der Waals surface area (Å²) in [7, 11) is 0. The molecule has 3 amide bonds. The lowest BCUT2D eigenvalue weighted by molar-refractivity contribution is -0.134. The molecule has 0 aromatic heterocycles. The second-order valence-electron chi connectivity index (χ2n) is 6.86. The third-order valence-corrected chi connectivity index (χ3v) is 4.62. The number of hydrogen-bond acceptors (Lipinski definition) is 4. The Morgan fingerprint density at radius 3 is 2.30 bits per heavy atom. The molecule has 8 heteroatoms. The van der Waals surface area contributed by atoms with Crippen molar-refractivity contribution in [2.75, 3.05) is 0 Å². The van der Waals surface area contributed by atoms with E-state index < -0.39 is 17.5 Å². The highest BCUT2D eigenvalue weighted by atomic mass is 35.5. The Hall–Kier alpha value is -2.77. The van der Waals surface area contributed by atoms with Crippen molar-refractivity contribution in [2.45, 2.75) is 32.0 Å². The predicted octanol–water partition coefficient (Wildman–Crippen LogP) is 3.31. The first-order valence-electron chi connectivity index (χ1n) is 8.35. The molecule has 3 N–H and O–H groups in total. The van der Waals surface area contributed by atoms with Crippen molar-refractivity contribution in [1.82, 2.24) is 15.7 Å². The first-order valence-corrected chi connectivity index (χ1v) is 8.73. The number of halogens is 1. The Morgan fingerprint density at radius 2 is 1.74 bits per heavy atom. The average molecular weight is 390 g/mol. The summed E-state index contributed by atoms with van der Waals surface area (Å²) in [4.78, 5) is 25.7. The van der Waals surface area contributed by atoms with Crippen molar-refractivity contribution in [2.24, 2.45) is 0 Å². The van der Waals surface area contributed by atoms with Gasteiger partial charge in [-0.25, -0.2) is 10.3 Å². The topological polar surface area (TPSA) is 90.9 Å². The van der Waals surface area contributed by atoms with E-state index in [1.165, 1.54) is 4.90 Å². The fourth-order valence-electron chi connectivity index (χ4n) is 3.11. The largest absolute Gasteiger partial charge is 0.457 e. The number of carbonyl (C=O) groups is 2. The molecule has 1 aliphatic heterocycles. The number of carbonyl (C=O) groups excluding carboxylic acids is 2. The highest BCUT2D eigenvalue weighted by Gasteiger charge is 2.49. The molecule has 1 atom stereocenters. The fourth-order valence-corrected chi connectivity index (χ4v) is 3.24. The zero-order valence-electron chi connectivity index (χ0n) is 14.9. The number of rotatable bonds is 5. The molecular weight excluding hydrogens is 370 g/mol. The van der Waals surface area contributed by atoms with Crippen molar-refractivity contribution >= 4 is 23.5 Å². The number of nitrogens with zero attached hydrogens (tertiary/aromatic N) is 1. The van der Waals surface area contributed by atoms with Gasteiger partial charge >= 0.3 is 6.03 Å². The van der Waals surface area contributed by atoms with Crippen LogP contribution in [0.2, 0.25) is 5.02 Å². The fraction of sp³-hybridized carbons (Fsp3) is 0.263. The lowest BCUT2D eigenvalue weighted by Crippen LogP contribution is -2.53. The highest BCUT2D eigenvalue weighted by molar-refractivity contribution is 6.30. The van der Waals surface area contributed by atoms with Gasteiger partial charge in [-0.15, -0.1) is 0 Å². The summed E-state index contributed by atoms with van der Waals surface area (Å²) in [5.41, 5.74) is 1.65. The lowest BCUT2D eigenvalue weighted by atomic mass is 9.95. The van der Waals surface area contributed by atoms with E-state index in [2.05, 4.69) is 5.32 Å². The molecule has 2 aromatic rings. The standard InChI is InChI=1S/C19H20ClN3O4/c1-19(2)16(17(24)22-26)23(18(25)21-19)11-12-3-7-14(8-4-12)27-15-9-5-13(20)6-10-15/h3-10,16,26H,11H2,1-2H3,(H,21,25)(H,22,24)/t16-/m0/s1. The Labute approximate surface area is 161 Å². The number of hydrogen-bond donors (Lipinski definition) is 3. The van der Waals surface area contributed by atoms with E-state index in [1.54, 1.807) is 55.7 Å². The molecule has 0 saturated carbocycles. The summed E-state index contributed by atoms with van der Waals surface area (Å²) >= 11 is 5.86. The first kappa shape index (κ1) is 19.0. The summed E-state index contributed by atoms with van der Waals surface area (Å²) in [6, 6.07) is 13.0. The van der Waals surface area contributed by atoms with Gasteiger partial charge in [0.1, 0.15) is 17.5 Å². The summed E-state index contributed by atoms with van der Waals surface area (Å²) in [5.74, 6) is 0.658. The van der Waals surface area contributed by atoms with Gasteiger partial charge in [0, 0.05) is 11.6 Å². The Kier molecular flexibility index (Phi) is 5.25. The predicted molar refractivity (Wildman–Crippen MR) is 99.8 cm³/mol. The molecule has 0 bridgehead atoms. The van der Waals surface area contributed by atoms with Crippen molar-refractivity contribution in [3.63, 3.8) is 0 Å². The van der Waals surface area contributed by atoms with Crippen LogP contribution < -0.4 is 15.5 Å². The van der Waals surface area contributed by atoms with Crippen LogP contribution in [0.5, 0.6) is 11.5 Å². The van der Waals surface area contributed by atoms with E-state index in [9.17, 15) is 9.59 Å². The van der Waals surface area contributed by atoms with Crippen LogP contribution in [0.15, 0.2) is 48.5 Å². The van der Waals surface area contributed by atoms with Crippen LogP contribution in [0, 0.1) is 0 Å². The van der Waals surface area contributed by atoms with Crippen LogP contribution in [-0.2, 0) is 11.3 Å². The summed E-state index contributed by atoms with van der Waals surface area (Å²) in [5, 5.41) is 12.4. The number of hydroxylamine groups is 1. The average Bonchev–Trinajstić information content (AvgIpc) is 2.86. The maximum absolute atomic E-state index is 12.3. The van der Waals surface area contributed by atoms with E-state index >= 15 is 0 Å². The van der Waals surface area contributed by atoms with Crippen molar-refractivity contribution in [3.8, 4) is 11.5 Å². The van der Waals surface area contributed by atoms with Gasteiger partial charge in [-0.2, -0.15) is 0 Å². The first-order chi connectivity index (χ1) is 12.8. The van der Waals surface area contributed by atoms with Crippen LogP contribution in [0.25, 0.3) is 0 Å². The molecule has 0 aliphatic carbocycles. The van der Waals surface area contributed by atoms with E-state index in [-0.39, 0.29) is 12.6 Å².